The van der Waals surface area contributed by atoms with Crippen molar-refractivity contribution in [2.45, 2.75) is 64.3 Å². The summed E-state index contributed by atoms with van der Waals surface area (Å²) in [5.41, 5.74) is 3.92. The van der Waals surface area contributed by atoms with Gasteiger partial charge >= 0.3 is 5.97 Å². The van der Waals surface area contributed by atoms with E-state index in [0.717, 1.165) is 22.4 Å². The Kier molecular flexibility index (Phi) is 10.5. The van der Waals surface area contributed by atoms with Gasteiger partial charge in [-0.15, -0.1) is 0 Å². The van der Waals surface area contributed by atoms with Gasteiger partial charge in [-0.05, 0) is 68.0 Å². The molecule has 4 rings (SSSR count). The van der Waals surface area contributed by atoms with Crippen LogP contribution in [0, 0.1) is 0 Å². The number of aliphatic hydroxyl groups excluding tert-OH is 1. The van der Waals surface area contributed by atoms with Gasteiger partial charge in [-0.25, -0.2) is 0 Å². The van der Waals surface area contributed by atoms with Crippen LogP contribution in [-0.2, 0) is 27.3 Å². The molecule has 0 saturated heterocycles. The molecule has 1 heterocycles. The molecule has 5 N–H and O–H groups in total. The lowest BCUT2D eigenvalue weighted by atomic mass is 9.98. The Bertz CT molecular complexity index is 1500. The summed E-state index contributed by atoms with van der Waals surface area (Å²) in [5.74, 6) is -2.04. The van der Waals surface area contributed by atoms with Crippen LogP contribution in [0.1, 0.15) is 55.1 Å². The van der Waals surface area contributed by atoms with Gasteiger partial charge in [0.15, 0.2) is 0 Å². The average Bonchev–Trinajstić information content (AvgIpc) is 3.11. The van der Waals surface area contributed by atoms with E-state index >= 15 is 0 Å². The van der Waals surface area contributed by atoms with Gasteiger partial charge in [-0.2, -0.15) is 0 Å². The fourth-order valence-corrected chi connectivity index (χ4v) is 5.30. The van der Waals surface area contributed by atoms with Crippen molar-refractivity contribution in [3.63, 3.8) is 0 Å². The van der Waals surface area contributed by atoms with Gasteiger partial charge < -0.3 is 31.1 Å². The minimum absolute atomic E-state index is 0.147. The van der Waals surface area contributed by atoms with Gasteiger partial charge in [0.25, 0.3) is 5.91 Å². The number of carbonyl (C=O) groups is 4. The fraction of sp³-hybridized carbons (Fsp3) is 0.353. The molecule has 3 amide bonds. The van der Waals surface area contributed by atoms with Crippen molar-refractivity contribution < 1.29 is 29.4 Å². The first-order chi connectivity index (χ1) is 20.9. The molecule has 0 fully saturated rings. The molecule has 0 unspecified atom stereocenters. The number of anilines is 1. The Hall–Kier alpha value is -4.54. The molecule has 0 bridgehead atoms. The van der Waals surface area contributed by atoms with Crippen molar-refractivity contribution in [3.05, 3.63) is 89.5 Å². The zero-order valence-corrected chi connectivity index (χ0v) is 25.3. The quantitative estimate of drug-likeness (QED) is 0.214. The Labute approximate surface area is 257 Å². The van der Waals surface area contributed by atoms with Crippen molar-refractivity contribution in [3.8, 4) is 11.1 Å². The molecule has 10 nitrogen and oxygen atoms in total. The van der Waals surface area contributed by atoms with Gasteiger partial charge in [-0.3, -0.25) is 19.2 Å². The highest BCUT2D eigenvalue weighted by molar-refractivity contribution is 6.02. The summed E-state index contributed by atoms with van der Waals surface area (Å²) < 4.78 is 0. The molecule has 3 aromatic rings. The van der Waals surface area contributed by atoms with Crippen LogP contribution in [0.5, 0.6) is 0 Å². The Balaban J connectivity index is 1.52. The molecule has 0 radical (unpaired) electrons. The summed E-state index contributed by atoms with van der Waals surface area (Å²) in [6.45, 7) is 5.61. The second-order valence-corrected chi connectivity index (χ2v) is 11.8. The number of aryl methyl sites for hydroxylation is 1. The molecule has 0 aliphatic carbocycles. The summed E-state index contributed by atoms with van der Waals surface area (Å²) in [4.78, 5) is 52.2. The van der Waals surface area contributed by atoms with Crippen LogP contribution in [0.15, 0.2) is 72.8 Å². The second-order valence-electron chi connectivity index (χ2n) is 11.8. The highest BCUT2D eigenvalue weighted by Crippen LogP contribution is 2.30. The summed E-state index contributed by atoms with van der Waals surface area (Å²) in [7, 11) is 0. The third-order valence-electron chi connectivity index (χ3n) is 7.54. The number of hydrogen-bond donors (Lipinski definition) is 5. The smallest absolute Gasteiger partial charge is 0.322 e. The van der Waals surface area contributed by atoms with Gasteiger partial charge in [0, 0.05) is 29.8 Å². The summed E-state index contributed by atoms with van der Waals surface area (Å²) in [6, 6.07) is 21.6. The molecular formula is C34H40N4O6. The van der Waals surface area contributed by atoms with E-state index in [9.17, 15) is 24.3 Å². The molecule has 0 spiro atoms. The lowest BCUT2D eigenvalue weighted by molar-refractivity contribution is -0.135. The van der Waals surface area contributed by atoms with E-state index in [0.29, 0.717) is 30.5 Å². The minimum atomic E-state index is -1.12. The molecule has 232 valence electrons. The van der Waals surface area contributed by atoms with E-state index in [4.69, 9.17) is 5.11 Å². The van der Waals surface area contributed by atoms with Crippen LogP contribution in [0.4, 0.5) is 5.69 Å². The molecule has 1 aliphatic heterocycles. The van der Waals surface area contributed by atoms with Crippen molar-refractivity contribution >= 4 is 29.4 Å². The predicted octanol–water partition coefficient (Wildman–Crippen LogP) is 3.27. The van der Waals surface area contributed by atoms with Gasteiger partial charge in [0.1, 0.15) is 12.6 Å². The number of carboxylic acid groups (broad SMARTS) is 1. The maximum absolute atomic E-state index is 13.9. The van der Waals surface area contributed by atoms with E-state index in [2.05, 4.69) is 16.0 Å². The Morgan fingerprint density at radius 1 is 1.00 bits per heavy atom. The number of rotatable bonds is 12. The number of β-amino-alcohol motifs (C(OH)–C–C–N with tert-alkyl or cyclic N) is 1. The lowest BCUT2D eigenvalue weighted by Gasteiger charge is -2.29. The van der Waals surface area contributed by atoms with Crippen molar-refractivity contribution in [2.75, 3.05) is 18.0 Å². The van der Waals surface area contributed by atoms with Gasteiger partial charge in [-0.1, -0.05) is 60.7 Å². The summed E-state index contributed by atoms with van der Waals surface area (Å²) in [6.07, 6.45) is 0.708. The second kappa shape index (κ2) is 14.3. The average molecular weight is 601 g/mol. The highest BCUT2D eigenvalue weighted by atomic mass is 16.4. The first-order valence-corrected chi connectivity index (χ1v) is 14.7. The van der Waals surface area contributed by atoms with Gasteiger partial charge in [0.05, 0.1) is 12.6 Å². The maximum Gasteiger partial charge on any atom is 0.322 e. The topological polar surface area (TPSA) is 148 Å². The van der Waals surface area contributed by atoms with Crippen LogP contribution < -0.4 is 20.9 Å². The monoisotopic (exact) mass is 600 g/mol. The predicted molar refractivity (Wildman–Crippen MR) is 168 cm³/mol. The van der Waals surface area contributed by atoms with E-state index in [1.807, 2.05) is 68.4 Å². The summed E-state index contributed by atoms with van der Waals surface area (Å²) in [5, 5.41) is 27.1. The normalized spacial score (nSPS) is 15.6. The van der Waals surface area contributed by atoms with Crippen LogP contribution in [0.3, 0.4) is 0 Å². The zero-order chi connectivity index (χ0) is 31.9. The van der Waals surface area contributed by atoms with Crippen molar-refractivity contribution in [1.29, 1.82) is 0 Å². The molecule has 0 saturated carbocycles. The number of nitrogens with zero attached hydrogens (tertiary/aromatic N) is 1. The third-order valence-corrected chi connectivity index (χ3v) is 7.54. The number of aliphatic carboxylic acids is 1. The largest absolute Gasteiger partial charge is 0.480 e. The van der Waals surface area contributed by atoms with Crippen LogP contribution >= 0.6 is 0 Å². The number of fused-ring (bicyclic) bond motifs is 1. The van der Waals surface area contributed by atoms with E-state index in [-0.39, 0.29) is 24.8 Å². The van der Waals surface area contributed by atoms with E-state index in [1.54, 1.807) is 30.0 Å². The third kappa shape index (κ3) is 8.52. The molecule has 3 aromatic carbocycles. The van der Waals surface area contributed by atoms with E-state index < -0.39 is 36.1 Å². The van der Waals surface area contributed by atoms with Crippen LogP contribution in [0.25, 0.3) is 11.1 Å². The SMILES string of the molecule is C[C@@H](O)CNC(C)(C)CC(=O)N[C@@H]1CCc2ccccc2N(Cc2ccc(-c3ccccc3C(=O)NCC(=O)O)cc2)C1=O. The van der Waals surface area contributed by atoms with Crippen molar-refractivity contribution in [1.82, 2.24) is 16.0 Å². The minimum Gasteiger partial charge on any atom is -0.480 e. The zero-order valence-electron chi connectivity index (χ0n) is 25.3. The number of hydrogen-bond acceptors (Lipinski definition) is 6. The van der Waals surface area contributed by atoms with Gasteiger partial charge in [0.2, 0.25) is 11.8 Å². The molecule has 44 heavy (non-hydrogen) atoms. The van der Waals surface area contributed by atoms with Crippen molar-refractivity contribution in [2.24, 2.45) is 0 Å². The number of aliphatic hydroxyl groups is 1. The van der Waals surface area contributed by atoms with Crippen LogP contribution in [-0.4, -0.2) is 64.7 Å². The summed E-state index contributed by atoms with van der Waals surface area (Å²) >= 11 is 0. The molecular weight excluding hydrogens is 560 g/mol. The molecule has 0 aromatic heterocycles. The number of para-hydroxylation sites is 1. The standard InChI is InChI=1S/C34H40N4O6/c1-22(39)19-36-34(2,3)18-30(40)37-28-17-16-25-8-4-7-11-29(25)38(33(28)44)21-23-12-14-24(15-13-23)26-9-5-6-10-27(26)32(43)35-20-31(41)42/h4-15,22,28,36,39H,16-21H2,1-3H3,(H,35,43)(H,37,40)(H,41,42)/t22-,28-/m1/s1. The molecule has 10 heteroatoms. The number of carboxylic acids is 1. The molecule has 2 atom stereocenters. The van der Waals surface area contributed by atoms with E-state index in [1.165, 1.54) is 0 Å². The molecule has 1 aliphatic rings. The first kappa shape index (κ1) is 32.4. The Morgan fingerprint density at radius 2 is 1.68 bits per heavy atom. The first-order valence-electron chi connectivity index (χ1n) is 14.7. The fourth-order valence-electron chi connectivity index (χ4n) is 5.30. The number of benzene rings is 3. The number of nitrogens with one attached hydrogen (secondary N) is 3. The van der Waals surface area contributed by atoms with Crippen LogP contribution in [0.2, 0.25) is 0 Å². The number of carbonyl (C=O) groups excluding carboxylic acids is 3. The Morgan fingerprint density at radius 3 is 2.39 bits per heavy atom. The maximum atomic E-state index is 13.9. The highest BCUT2D eigenvalue weighted by Gasteiger charge is 2.32. The lowest BCUT2D eigenvalue weighted by Crippen LogP contribution is -2.51. The number of amides is 3.